The summed E-state index contributed by atoms with van der Waals surface area (Å²) in [6.07, 6.45) is 6.25. The van der Waals surface area contributed by atoms with E-state index in [0.717, 1.165) is 5.56 Å². The lowest BCUT2D eigenvalue weighted by Gasteiger charge is -2.27. The van der Waals surface area contributed by atoms with E-state index in [1.54, 1.807) is 72.4 Å². The van der Waals surface area contributed by atoms with Gasteiger partial charge in [-0.3, -0.25) is 24.4 Å². The number of benzene rings is 3. The Bertz CT molecular complexity index is 1690. The van der Waals surface area contributed by atoms with Crippen molar-refractivity contribution in [2.45, 2.75) is 38.5 Å². The van der Waals surface area contributed by atoms with Crippen molar-refractivity contribution in [3.63, 3.8) is 0 Å². The average molecular weight is 597 g/mol. The number of non-ortho nitro benzene ring substituents is 1. The van der Waals surface area contributed by atoms with Gasteiger partial charge in [-0.05, 0) is 42.3 Å². The number of nitro groups is 1. The first-order valence-corrected chi connectivity index (χ1v) is 14.2. The van der Waals surface area contributed by atoms with Crippen LogP contribution in [0.25, 0.3) is 0 Å². The number of nitro benzene ring substituents is 1. The van der Waals surface area contributed by atoms with Gasteiger partial charge in [0.15, 0.2) is 5.60 Å². The molecule has 226 valence electrons. The average Bonchev–Trinajstić information content (AvgIpc) is 3.57. The highest BCUT2D eigenvalue weighted by Gasteiger charge is 2.53. The summed E-state index contributed by atoms with van der Waals surface area (Å²) in [4.78, 5) is 38.8. The monoisotopic (exact) mass is 596 g/mol. The summed E-state index contributed by atoms with van der Waals surface area (Å²) >= 11 is 0. The van der Waals surface area contributed by atoms with Crippen LogP contribution in [0.15, 0.2) is 91.1 Å². The minimum absolute atomic E-state index is 0.0162. The van der Waals surface area contributed by atoms with Gasteiger partial charge in [-0.1, -0.05) is 54.6 Å². The third-order valence-electron chi connectivity index (χ3n) is 7.61. The standard InChI is InChI=1S/C32H32N6O6/c1-22(7-5-6-17-36-21-26(16-18-39)34-35-36)32(42)28-19-27(38(43)44)14-15-29(28)37(31(32)41)20-23-10-12-25(13-11-23)33-30(40)24-8-3-2-4-9-24/h2-5,7-15,19,21-22,39,42H,6,16-18,20H2,1H3,(H,33,40)/b7-5+/t22-,32+/m0/s1. The van der Waals surface area contributed by atoms with Crippen LogP contribution in [0.2, 0.25) is 0 Å². The molecule has 0 fully saturated rings. The third kappa shape index (κ3) is 6.26. The molecule has 5 rings (SSSR count). The largest absolute Gasteiger partial charge is 0.396 e. The summed E-state index contributed by atoms with van der Waals surface area (Å²) in [6, 6.07) is 19.9. The van der Waals surface area contributed by atoms with E-state index in [9.17, 15) is 24.8 Å². The highest BCUT2D eigenvalue weighted by molar-refractivity contribution is 6.07. The fourth-order valence-electron chi connectivity index (χ4n) is 5.20. The third-order valence-corrected chi connectivity index (χ3v) is 7.61. The summed E-state index contributed by atoms with van der Waals surface area (Å²) in [6.45, 7) is 2.29. The molecule has 0 bridgehead atoms. The van der Waals surface area contributed by atoms with Crippen LogP contribution in [0.5, 0.6) is 0 Å². The van der Waals surface area contributed by atoms with Gasteiger partial charge in [0.2, 0.25) is 0 Å². The van der Waals surface area contributed by atoms with Crippen molar-refractivity contribution in [3.8, 4) is 0 Å². The van der Waals surface area contributed by atoms with Gasteiger partial charge >= 0.3 is 0 Å². The fourth-order valence-corrected chi connectivity index (χ4v) is 5.20. The molecule has 0 saturated heterocycles. The van der Waals surface area contributed by atoms with Crippen LogP contribution >= 0.6 is 0 Å². The Morgan fingerprint density at radius 1 is 1.14 bits per heavy atom. The second-order valence-electron chi connectivity index (χ2n) is 10.6. The van der Waals surface area contributed by atoms with E-state index in [0.29, 0.717) is 42.0 Å². The number of amides is 2. The van der Waals surface area contributed by atoms with E-state index in [1.165, 1.54) is 23.1 Å². The number of nitrogens with one attached hydrogen (secondary N) is 1. The molecule has 44 heavy (non-hydrogen) atoms. The van der Waals surface area contributed by atoms with E-state index >= 15 is 0 Å². The second-order valence-corrected chi connectivity index (χ2v) is 10.6. The zero-order valence-electron chi connectivity index (χ0n) is 24.0. The maximum Gasteiger partial charge on any atom is 0.269 e. The molecular formula is C32H32N6O6. The first-order chi connectivity index (χ1) is 21.2. The van der Waals surface area contributed by atoms with Crippen LogP contribution in [0.4, 0.5) is 17.1 Å². The maximum atomic E-state index is 13.9. The number of anilines is 2. The van der Waals surface area contributed by atoms with Crippen molar-refractivity contribution in [3.05, 3.63) is 124 Å². The Labute approximate surface area is 253 Å². The van der Waals surface area contributed by atoms with Crippen LogP contribution in [-0.4, -0.2) is 48.6 Å². The highest BCUT2D eigenvalue weighted by atomic mass is 16.6. The molecule has 3 N–H and O–H groups in total. The number of fused-ring (bicyclic) bond motifs is 1. The van der Waals surface area contributed by atoms with Crippen LogP contribution in [-0.2, 0) is 29.9 Å². The van der Waals surface area contributed by atoms with Gasteiger partial charge in [0, 0.05) is 60.6 Å². The molecule has 0 aliphatic carbocycles. The van der Waals surface area contributed by atoms with Crippen LogP contribution < -0.4 is 10.2 Å². The lowest BCUT2D eigenvalue weighted by atomic mass is 9.82. The predicted octanol–water partition coefficient (Wildman–Crippen LogP) is 3.99. The topological polar surface area (TPSA) is 164 Å². The number of hydrogen-bond donors (Lipinski definition) is 3. The van der Waals surface area contributed by atoms with E-state index in [-0.39, 0.29) is 30.3 Å². The summed E-state index contributed by atoms with van der Waals surface area (Å²) in [5.74, 6) is -1.54. The molecule has 0 saturated carbocycles. The summed E-state index contributed by atoms with van der Waals surface area (Å²) in [7, 11) is 0. The molecule has 3 aromatic carbocycles. The molecule has 0 spiro atoms. The number of hydrogen-bond acceptors (Lipinski definition) is 8. The molecule has 1 aliphatic rings. The number of aromatic nitrogens is 3. The number of aryl methyl sites for hydroxylation is 1. The first-order valence-electron chi connectivity index (χ1n) is 14.2. The van der Waals surface area contributed by atoms with Crippen LogP contribution in [0, 0.1) is 16.0 Å². The zero-order valence-corrected chi connectivity index (χ0v) is 24.0. The predicted molar refractivity (Wildman–Crippen MR) is 163 cm³/mol. The number of aliphatic hydroxyl groups is 2. The molecule has 0 unspecified atom stereocenters. The number of aliphatic hydroxyl groups excluding tert-OH is 1. The number of nitrogens with zero attached hydrogens (tertiary/aromatic N) is 5. The van der Waals surface area contributed by atoms with Crippen LogP contribution in [0.3, 0.4) is 0 Å². The van der Waals surface area contributed by atoms with Crippen LogP contribution in [0.1, 0.15) is 40.5 Å². The molecule has 12 nitrogen and oxygen atoms in total. The highest BCUT2D eigenvalue weighted by Crippen LogP contribution is 2.47. The Hall–Kier alpha value is -5.20. The summed E-state index contributed by atoms with van der Waals surface area (Å²) in [5.41, 5.74) is 0.839. The fraction of sp³-hybridized carbons (Fsp3) is 0.250. The van der Waals surface area contributed by atoms with Gasteiger partial charge in [-0.25, -0.2) is 0 Å². The number of rotatable bonds is 12. The molecule has 12 heteroatoms. The minimum Gasteiger partial charge on any atom is -0.396 e. The maximum absolute atomic E-state index is 13.9. The van der Waals surface area contributed by atoms with E-state index in [1.807, 2.05) is 12.1 Å². The summed E-state index contributed by atoms with van der Waals surface area (Å²) in [5, 5.41) is 43.4. The molecule has 4 aromatic rings. The van der Waals surface area contributed by atoms with Gasteiger partial charge in [-0.2, -0.15) is 0 Å². The Morgan fingerprint density at radius 2 is 1.89 bits per heavy atom. The number of carbonyl (C=O) groups is 2. The second kappa shape index (κ2) is 13.0. The van der Waals surface area contributed by atoms with Gasteiger partial charge in [-0.15, -0.1) is 5.10 Å². The summed E-state index contributed by atoms with van der Waals surface area (Å²) < 4.78 is 1.65. The SMILES string of the molecule is C[C@@H](/C=C/CCn1cc(CCO)nn1)[C@]1(O)C(=O)N(Cc2ccc(NC(=O)c3ccccc3)cc2)c2ccc([N+](=O)[O-])cc21. The van der Waals surface area contributed by atoms with Gasteiger partial charge < -0.3 is 20.4 Å². The molecule has 0 radical (unpaired) electrons. The smallest absolute Gasteiger partial charge is 0.269 e. The molecule has 2 atom stereocenters. The van der Waals surface area contributed by atoms with E-state index in [4.69, 9.17) is 5.11 Å². The normalized spacial score (nSPS) is 16.7. The minimum atomic E-state index is -2.02. The quantitative estimate of drug-likeness (QED) is 0.126. The Balaban J connectivity index is 1.33. The molecule has 1 aliphatic heterocycles. The Morgan fingerprint density at radius 3 is 2.59 bits per heavy atom. The van der Waals surface area contributed by atoms with E-state index in [2.05, 4.69) is 15.6 Å². The molecular weight excluding hydrogens is 564 g/mol. The first kappa shape index (κ1) is 30.3. The lowest BCUT2D eigenvalue weighted by Crippen LogP contribution is -2.44. The number of carbonyl (C=O) groups excluding carboxylic acids is 2. The van der Waals surface area contributed by atoms with Gasteiger partial charge in [0.05, 0.1) is 22.8 Å². The van der Waals surface area contributed by atoms with Crippen molar-refractivity contribution in [2.24, 2.45) is 5.92 Å². The van der Waals surface area contributed by atoms with Crippen molar-refractivity contribution in [2.75, 3.05) is 16.8 Å². The Kier molecular flexibility index (Phi) is 8.93. The van der Waals surface area contributed by atoms with Gasteiger partial charge in [0.25, 0.3) is 17.5 Å². The molecule has 2 heterocycles. The zero-order chi connectivity index (χ0) is 31.3. The van der Waals surface area contributed by atoms with Crippen molar-refractivity contribution < 1.29 is 24.7 Å². The van der Waals surface area contributed by atoms with Crippen molar-refractivity contribution >= 4 is 28.9 Å². The van der Waals surface area contributed by atoms with E-state index < -0.39 is 22.3 Å². The van der Waals surface area contributed by atoms with Crippen molar-refractivity contribution in [1.29, 1.82) is 0 Å². The van der Waals surface area contributed by atoms with Gasteiger partial charge in [0.1, 0.15) is 0 Å². The number of allylic oxidation sites excluding steroid dienone is 1. The van der Waals surface area contributed by atoms with Crippen molar-refractivity contribution in [1.82, 2.24) is 15.0 Å². The lowest BCUT2D eigenvalue weighted by molar-refractivity contribution is -0.385. The molecule has 1 aromatic heterocycles. The molecule has 2 amide bonds.